The van der Waals surface area contributed by atoms with Gasteiger partial charge in [0.05, 0.1) is 16.2 Å². The van der Waals surface area contributed by atoms with Crippen LogP contribution in [0.3, 0.4) is 0 Å². The van der Waals surface area contributed by atoms with Gasteiger partial charge in [-0.05, 0) is 55.0 Å². The first-order chi connectivity index (χ1) is 13.9. The van der Waals surface area contributed by atoms with Crippen LogP contribution >= 0.6 is 0 Å². The van der Waals surface area contributed by atoms with Crippen molar-refractivity contribution in [2.24, 2.45) is 0 Å². The maximum atomic E-state index is 13.2. The van der Waals surface area contributed by atoms with Crippen LogP contribution in [-0.4, -0.2) is 20.1 Å². The first-order valence-corrected chi connectivity index (χ1v) is 10.7. The lowest BCUT2D eigenvalue weighted by atomic mass is 10.2. The van der Waals surface area contributed by atoms with Crippen LogP contribution in [-0.2, 0) is 9.84 Å². The first kappa shape index (κ1) is 20.5. The van der Waals surface area contributed by atoms with Crippen LogP contribution in [0.25, 0.3) is 0 Å². The summed E-state index contributed by atoms with van der Waals surface area (Å²) in [6.45, 7) is 1.77. The van der Waals surface area contributed by atoms with E-state index in [9.17, 15) is 17.6 Å². The third-order valence-electron chi connectivity index (χ3n) is 4.08. The van der Waals surface area contributed by atoms with Crippen molar-refractivity contribution in [3.63, 3.8) is 0 Å². The third-order valence-corrected chi connectivity index (χ3v) is 6.06. The predicted octanol–water partition coefficient (Wildman–Crippen LogP) is 5.05. The molecular weight excluding hydrogens is 393 g/mol. The van der Waals surface area contributed by atoms with Crippen molar-refractivity contribution in [1.82, 2.24) is 0 Å². The second kappa shape index (κ2) is 8.87. The van der Waals surface area contributed by atoms with Crippen molar-refractivity contribution in [2.75, 3.05) is 11.1 Å². The number of hydrogen-bond acceptors (Lipinski definition) is 4. The van der Waals surface area contributed by atoms with Crippen LogP contribution in [0.1, 0.15) is 23.7 Å². The number of benzene rings is 3. The Bertz CT molecular complexity index is 1110. The molecule has 1 amide bonds. The van der Waals surface area contributed by atoms with Gasteiger partial charge in [0.2, 0.25) is 0 Å². The van der Waals surface area contributed by atoms with E-state index >= 15 is 0 Å². The highest BCUT2D eigenvalue weighted by atomic mass is 32.2. The summed E-state index contributed by atoms with van der Waals surface area (Å²) < 4.78 is 43.7. The molecule has 0 aliphatic rings. The molecular formula is C22H20FNO4S. The smallest absolute Gasteiger partial charge is 0.256 e. The average Bonchev–Trinajstić information content (AvgIpc) is 2.69. The number of hydrogen-bond donors (Lipinski definition) is 1. The number of amides is 1. The summed E-state index contributed by atoms with van der Waals surface area (Å²) in [6.07, 6.45) is 0.463. The Morgan fingerprint density at radius 3 is 2.38 bits per heavy atom. The molecule has 150 valence electrons. The van der Waals surface area contributed by atoms with E-state index in [1.807, 2.05) is 0 Å². The first-order valence-electron chi connectivity index (χ1n) is 9.05. The van der Waals surface area contributed by atoms with Crippen molar-refractivity contribution in [2.45, 2.75) is 18.2 Å². The summed E-state index contributed by atoms with van der Waals surface area (Å²) in [5.41, 5.74) is 0.574. The number of nitrogens with one attached hydrogen (secondary N) is 1. The van der Waals surface area contributed by atoms with Crippen molar-refractivity contribution in [3.8, 4) is 11.5 Å². The van der Waals surface area contributed by atoms with E-state index in [0.717, 1.165) is 0 Å². The van der Waals surface area contributed by atoms with Gasteiger partial charge < -0.3 is 10.1 Å². The fraction of sp³-hybridized carbons (Fsp3) is 0.136. The maximum absolute atomic E-state index is 13.2. The number of carbonyl (C=O) groups excluding carboxylic acids is 1. The van der Waals surface area contributed by atoms with Gasteiger partial charge >= 0.3 is 0 Å². The van der Waals surface area contributed by atoms with Crippen molar-refractivity contribution < 1.29 is 22.3 Å². The molecule has 3 aromatic rings. The Hall–Kier alpha value is -3.19. The Kier molecular flexibility index (Phi) is 6.29. The molecule has 0 aromatic heterocycles. The average molecular weight is 413 g/mol. The van der Waals surface area contributed by atoms with Gasteiger partial charge in [-0.15, -0.1) is 0 Å². The number of carbonyl (C=O) groups is 1. The SMILES string of the molecule is CCCS(=O)(=O)c1ccccc1C(=O)Nc1ccc(Oc2cccc(F)c2)cc1. The van der Waals surface area contributed by atoms with Crippen LogP contribution in [0.2, 0.25) is 0 Å². The minimum absolute atomic E-state index is 0.0189. The van der Waals surface area contributed by atoms with Gasteiger partial charge in [0.15, 0.2) is 9.84 Å². The molecule has 0 bridgehead atoms. The van der Waals surface area contributed by atoms with Gasteiger partial charge in [-0.25, -0.2) is 12.8 Å². The lowest BCUT2D eigenvalue weighted by molar-refractivity contribution is 0.102. The summed E-state index contributed by atoms with van der Waals surface area (Å²) >= 11 is 0. The predicted molar refractivity (Wildman–Crippen MR) is 110 cm³/mol. The van der Waals surface area contributed by atoms with E-state index in [2.05, 4.69) is 5.32 Å². The number of anilines is 1. The normalized spacial score (nSPS) is 11.1. The molecule has 0 saturated heterocycles. The summed E-state index contributed by atoms with van der Waals surface area (Å²) in [7, 11) is -3.53. The number of ether oxygens (including phenoxy) is 1. The largest absolute Gasteiger partial charge is 0.457 e. The van der Waals surface area contributed by atoms with E-state index < -0.39 is 21.6 Å². The molecule has 0 heterocycles. The highest BCUT2D eigenvalue weighted by molar-refractivity contribution is 7.91. The minimum atomic E-state index is -3.53. The molecule has 7 heteroatoms. The Morgan fingerprint density at radius 1 is 0.966 bits per heavy atom. The molecule has 3 aromatic carbocycles. The van der Waals surface area contributed by atoms with E-state index in [-0.39, 0.29) is 16.2 Å². The van der Waals surface area contributed by atoms with Gasteiger partial charge in [0, 0.05) is 11.8 Å². The highest BCUT2D eigenvalue weighted by Crippen LogP contribution is 2.24. The highest BCUT2D eigenvalue weighted by Gasteiger charge is 2.21. The van der Waals surface area contributed by atoms with E-state index in [4.69, 9.17) is 4.74 Å². The van der Waals surface area contributed by atoms with Gasteiger partial charge in [0.1, 0.15) is 17.3 Å². The Labute approximate surface area is 169 Å². The fourth-order valence-electron chi connectivity index (χ4n) is 2.78. The van der Waals surface area contributed by atoms with Crippen molar-refractivity contribution >= 4 is 21.4 Å². The van der Waals surface area contributed by atoms with Crippen molar-refractivity contribution in [1.29, 1.82) is 0 Å². The molecule has 0 fully saturated rings. The molecule has 0 spiro atoms. The molecule has 5 nitrogen and oxygen atoms in total. The molecule has 0 aliphatic heterocycles. The van der Waals surface area contributed by atoms with Gasteiger partial charge in [-0.1, -0.05) is 25.1 Å². The van der Waals surface area contributed by atoms with Gasteiger partial charge in [-0.3, -0.25) is 4.79 Å². The van der Waals surface area contributed by atoms with Crippen LogP contribution < -0.4 is 10.1 Å². The molecule has 3 rings (SSSR count). The zero-order chi connectivity index (χ0) is 20.9. The number of halogens is 1. The molecule has 0 atom stereocenters. The lowest BCUT2D eigenvalue weighted by Gasteiger charge is -2.11. The number of rotatable bonds is 7. The Balaban J connectivity index is 1.75. The maximum Gasteiger partial charge on any atom is 0.256 e. The summed E-state index contributed by atoms with van der Waals surface area (Å²) in [5.74, 6) is -0.109. The molecule has 0 unspecified atom stereocenters. The zero-order valence-electron chi connectivity index (χ0n) is 15.8. The standard InChI is InChI=1S/C22H20FNO4S/c1-2-14-29(26,27)21-9-4-3-8-20(21)22(25)24-17-10-12-18(13-11-17)28-19-7-5-6-16(23)15-19/h3-13,15H,2,14H2,1H3,(H,24,25). The van der Waals surface area contributed by atoms with Crippen LogP contribution in [0.15, 0.2) is 77.7 Å². The molecule has 0 saturated carbocycles. The van der Waals surface area contributed by atoms with Gasteiger partial charge in [-0.2, -0.15) is 0 Å². The Morgan fingerprint density at radius 2 is 1.69 bits per heavy atom. The molecule has 0 radical (unpaired) electrons. The van der Waals surface area contributed by atoms with Crippen LogP contribution in [0.4, 0.5) is 10.1 Å². The molecule has 1 N–H and O–H groups in total. The summed E-state index contributed by atoms with van der Waals surface area (Å²) in [6, 6.07) is 18.4. The molecule has 29 heavy (non-hydrogen) atoms. The second-order valence-electron chi connectivity index (χ2n) is 6.35. The topological polar surface area (TPSA) is 72.5 Å². The lowest BCUT2D eigenvalue weighted by Crippen LogP contribution is -2.17. The number of sulfone groups is 1. The van der Waals surface area contributed by atoms with E-state index in [0.29, 0.717) is 23.6 Å². The zero-order valence-corrected chi connectivity index (χ0v) is 16.6. The summed E-state index contributed by atoms with van der Waals surface area (Å²) in [4.78, 5) is 12.7. The van der Waals surface area contributed by atoms with Crippen LogP contribution in [0.5, 0.6) is 11.5 Å². The van der Waals surface area contributed by atoms with E-state index in [1.165, 1.54) is 24.3 Å². The van der Waals surface area contributed by atoms with E-state index in [1.54, 1.807) is 55.5 Å². The third kappa shape index (κ3) is 5.20. The monoisotopic (exact) mass is 413 g/mol. The summed E-state index contributed by atoms with van der Waals surface area (Å²) in [5, 5.41) is 2.69. The molecule has 0 aliphatic carbocycles. The minimum Gasteiger partial charge on any atom is -0.457 e. The fourth-order valence-corrected chi connectivity index (χ4v) is 4.31. The van der Waals surface area contributed by atoms with Crippen molar-refractivity contribution in [3.05, 3.63) is 84.2 Å². The second-order valence-corrected chi connectivity index (χ2v) is 8.43. The van der Waals surface area contributed by atoms with Gasteiger partial charge in [0.25, 0.3) is 5.91 Å². The van der Waals surface area contributed by atoms with Crippen LogP contribution in [0, 0.1) is 5.82 Å². The quantitative estimate of drug-likeness (QED) is 0.588.